The average Bonchev–Trinajstić information content (AvgIpc) is 2.36. The molecule has 3 nitrogen and oxygen atoms in total. The molecule has 1 saturated carbocycles. The first-order valence-electron chi connectivity index (χ1n) is 7.31. The van der Waals surface area contributed by atoms with Crippen molar-refractivity contribution >= 4 is 0 Å². The summed E-state index contributed by atoms with van der Waals surface area (Å²) in [4.78, 5) is 2.43. The maximum Gasteiger partial charge on any atom is 0.0558 e. The van der Waals surface area contributed by atoms with Crippen molar-refractivity contribution < 1.29 is 5.11 Å². The van der Waals surface area contributed by atoms with Crippen molar-refractivity contribution in [1.29, 1.82) is 0 Å². The summed E-state index contributed by atoms with van der Waals surface area (Å²) in [5.41, 5.74) is 5.91. The van der Waals surface area contributed by atoms with E-state index in [0.717, 1.165) is 25.6 Å². The molecule has 17 heavy (non-hydrogen) atoms. The van der Waals surface area contributed by atoms with Gasteiger partial charge in [-0.2, -0.15) is 0 Å². The van der Waals surface area contributed by atoms with Gasteiger partial charge in [-0.05, 0) is 37.8 Å². The van der Waals surface area contributed by atoms with Crippen LogP contribution in [0.15, 0.2) is 0 Å². The van der Waals surface area contributed by atoms with Gasteiger partial charge in [-0.1, -0.05) is 33.1 Å². The van der Waals surface area contributed by atoms with Gasteiger partial charge in [-0.3, -0.25) is 4.90 Å². The van der Waals surface area contributed by atoms with Crippen LogP contribution in [0.25, 0.3) is 0 Å². The fraction of sp³-hybridized carbons (Fsp3) is 1.00. The van der Waals surface area contributed by atoms with E-state index in [1.807, 2.05) is 0 Å². The van der Waals surface area contributed by atoms with Gasteiger partial charge in [0.1, 0.15) is 0 Å². The van der Waals surface area contributed by atoms with Crippen LogP contribution in [0.3, 0.4) is 0 Å². The lowest BCUT2D eigenvalue weighted by Crippen LogP contribution is -2.47. The molecule has 1 rings (SSSR count). The Bertz CT molecular complexity index is 199. The minimum absolute atomic E-state index is 0.264. The molecule has 0 bridgehead atoms. The number of hydrogen-bond donors (Lipinski definition) is 2. The van der Waals surface area contributed by atoms with Gasteiger partial charge in [-0.15, -0.1) is 0 Å². The second kappa shape index (κ2) is 8.06. The highest BCUT2D eigenvalue weighted by Gasteiger charge is 2.32. The van der Waals surface area contributed by atoms with Crippen LogP contribution in [0.1, 0.15) is 46.0 Å². The molecule has 3 unspecified atom stereocenters. The second-order valence-corrected chi connectivity index (χ2v) is 5.38. The Hall–Kier alpha value is -0.120. The van der Waals surface area contributed by atoms with Crippen molar-refractivity contribution in [2.75, 3.05) is 26.2 Å². The molecule has 3 heteroatoms. The number of likely N-dealkylation sites (N-methyl/N-ethyl adjacent to an activating group) is 1. The van der Waals surface area contributed by atoms with Crippen LogP contribution in [0.2, 0.25) is 0 Å². The van der Waals surface area contributed by atoms with E-state index in [9.17, 15) is 0 Å². The van der Waals surface area contributed by atoms with Gasteiger partial charge in [0.05, 0.1) is 6.61 Å². The van der Waals surface area contributed by atoms with E-state index >= 15 is 0 Å². The zero-order chi connectivity index (χ0) is 12.7. The summed E-state index contributed by atoms with van der Waals surface area (Å²) < 4.78 is 0. The lowest BCUT2D eigenvalue weighted by molar-refractivity contribution is 0.0682. The van der Waals surface area contributed by atoms with Crippen molar-refractivity contribution in [2.24, 2.45) is 17.6 Å². The van der Waals surface area contributed by atoms with E-state index in [0.29, 0.717) is 12.0 Å². The Kier molecular flexibility index (Phi) is 7.09. The van der Waals surface area contributed by atoms with E-state index in [1.54, 1.807) is 0 Å². The summed E-state index contributed by atoms with van der Waals surface area (Å²) >= 11 is 0. The normalized spacial score (nSPS) is 29.8. The van der Waals surface area contributed by atoms with Gasteiger partial charge < -0.3 is 10.8 Å². The number of nitrogens with zero attached hydrogens (tertiary/aromatic N) is 1. The Balaban J connectivity index is 2.60. The monoisotopic (exact) mass is 242 g/mol. The molecule has 0 aromatic carbocycles. The van der Waals surface area contributed by atoms with E-state index in [2.05, 4.69) is 18.7 Å². The van der Waals surface area contributed by atoms with Crippen molar-refractivity contribution in [1.82, 2.24) is 4.90 Å². The van der Waals surface area contributed by atoms with E-state index in [4.69, 9.17) is 10.8 Å². The zero-order valence-corrected chi connectivity index (χ0v) is 11.6. The van der Waals surface area contributed by atoms with Crippen LogP contribution in [0, 0.1) is 11.8 Å². The Labute approximate surface area is 106 Å². The Morgan fingerprint density at radius 3 is 2.59 bits per heavy atom. The van der Waals surface area contributed by atoms with E-state index in [1.165, 1.54) is 32.1 Å². The minimum Gasteiger partial charge on any atom is -0.395 e. The molecule has 3 atom stereocenters. The Morgan fingerprint density at radius 2 is 2.06 bits per heavy atom. The number of aliphatic hydroxyl groups is 1. The first kappa shape index (κ1) is 14.9. The van der Waals surface area contributed by atoms with Crippen molar-refractivity contribution in [3.8, 4) is 0 Å². The lowest BCUT2D eigenvalue weighted by Gasteiger charge is -2.42. The summed E-state index contributed by atoms with van der Waals surface area (Å²) in [5, 5.41) is 9.15. The molecular weight excluding hydrogens is 212 g/mol. The van der Waals surface area contributed by atoms with Crippen LogP contribution >= 0.6 is 0 Å². The highest BCUT2D eigenvalue weighted by atomic mass is 16.3. The third-order valence-corrected chi connectivity index (χ3v) is 4.33. The van der Waals surface area contributed by atoms with Crippen LogP contribution in [-0.4, -0.2) is 42.3 Å². The molecule has 0 spiro atoms. The summed E-state index contributed by atoms with van der Waals surface area (Å²) in [6, 6.07) is 0.599. The smallest absolute Gasteiger partial charge is 0.0558 e. The predicted molar refractivity (Wildman–Crippen MR) is 72.9 cm³/mol. The van der Waals surface area contributed by atoms with Gasteiger partial charge in [0, 0.05) is 12.6 Å². The number of aliphatic hydroxyl groups excluding tert-OH is 1. The molecule has 3 N–H and O–H groups in total. The SMILES string of the molecule is CCCC1CCC(CN)C(N(CC)CCO)C1. The zero-order valence-electron chi connectivity index (χ0n) is 11.6. The van der Waals surface area contributed by atoms with Gasteiger partial charge in [0.2, 0.25) is 0 Å². The van der Waals surface area contributed by atoms with E-state index in [-0.39, 0.29) is 6.61 Å². The largest absolute Gasteiger partial charge is 0.395 e. The number of nitrogens with two attached hydrogens (primary N) is 1. The van der Waals surface area contributed by atoms with Crippen LogP contribution in [-0.2, 0) is 0 Å². The topological polar surface area (TPSA) is 49.5 Å². The van der Waals surface area contributed by atoms with Crippen molar-refractivity contribution in [3.63, 3.8) is 0 Å². The lowest BCUT2D eigenvalue weighted by atomic mass is 9.76. The molecule has 1 aliphatic carbocycles. The number of hydrogen-bond acceptors (Lipinski definition) is 3. The third-order valence-electron chi connectivity index (χ3n) is 4.33. The van der Waals surface area contributed by atoms with Gasteiger partial charge in [0.25, 0.3) is 0 Å². The molecule has 0 heterocycles. The summed E-state index contributed by atoms with van der Waals surface area (Å²) in [7, 11) is 0. The quantitative estimate of drug-likeness (QED) is 0.716. The Morgan fingerprint density at radius 1 is 1.29 bits per heavy atom. The maximum atomic E-state index is 9.15. The fourth-order valence-electron chi connectivity index (χ4n) is 3.37. The highest BCUT2D eigenvalue weighted by Crippen LogP contribution is 2.34. The minimum atomic E-state index is 0.264. The molecule has 0 radical (unpaired) electrons. The maximum absolute atomic E-state index is 9.15. The molecular formula is C14H30N2O. The second-order valence-electron chi connectivity index (χ2n) is 5.38. The van der Waals surface area contributed by atoms with E-state index < -0.39 is 0 Å². The number of rotatable bonds is 7. The van der Waals surface area contributed by atoms with Crippen LogP contribution in [0.5, 0.6) is 0 Å². The molecule has 0 saturated heterocycles. The molecule has 0 aliphatic heterocycles. The summed E-state index contributed by atoms with van der Waals surface area (Å²) in [6.45, 7) is 7.35. The predicted octanol–water partition coefficient (Wildman–Crippen LogP) is 1.84. The van der Waals surface area contributed by atoms with Crippen LogP contribution in [0.4, 0.5) is 0 Å². The molecule has 1 fully saturated rings. The molecule has 102 valence electrons. The first-order valence-corrected chi connectivity index (χ1v) is 7.31. The molecule has 0 aromatic rings. The van der Waals surface area contributed by atoms with Crippen molar-refractivity contribution in [3.05, 3.63) is 0 Å². The summed E-state index contributed by atoms with van der Waals surface area (Å²) in [5.74, 6) is 1.51. The first-order chi connectivity index (χ1) is 8.26. The highest BCUT2D eigenvalue weighted by molar-refractivity contribution is 4.87. The van der Waals surface area contributed by atoms with Gasteiger partial charge in [-0.25, -0.2) is 0 Å². The standard InChI is InChI=1S/C14H30N2O/c1-3-5-12-6-7-13(11-15)14(10-12)16(4-2)8-9-17/h12-14,17H,3-11,15H2,1-2H3. The fourth-order valence-corrected chi connectivity index (χ4v) is 3.37. The van der Waals surface area contributed by atoms with Crippen LogP contribution < -0.4 is 5.73 Å². The van der Waals surface area contributed by atoms with Crippen molar-refractivity contribution in [2.45, 2.75) is 52.0 Å². The van der Waals surface area contributed by atoms with Gasteiger partial charge >= 0.3 is 0 Å². The summed E-state index contributed by atoms with van der Waals surface area (Å²) in [6.07, 6.45) is 6.54. The molecule has 1 aliphatic rings. The van der Waals surface area contributed by atoms with Gasteiger partial charge in [0.15, 0.2) is 0 Å². The molecule has 0 amide bonds. The average molecular weight is 242 g/mol. The third kappa shape index (κ3) is 4.23. The molecule has 0 aromatic heterocycles.